The molecular formula is C17H28N2. The van der Waals surface area contributed by atoms with Crippen molar-refractivity contribution in [3.05, 3.63) is 29.8 Å². The van der Waals surface area contributed by atoms with Crippen molar-refractivity contribution in [3.8, 4) is 0 Å². The van der Waals surface area contributed by atoms with Crippen LogP contribution >= 0.6 is 0 Å². The lowest BCUT2D eigenvalue weighted by atomic mass is 10.1. The van der Waals surface area contributed by atoms with E-state index in [0.717, 1.165) is 13.1 Å². The lowest BCUT2D eigenvalue weighted by molar-refractivity contribution is 0.379. The molecule has 0 fully saturated rings. The summed E-state index contributed by atoms with van der Waals surface area (Å²) in [7, 11) is 0. The molecule has 0 bridgehead atoms. The predicted octanol–water partition coefficient (Wildman–Crippen LogP) is 3.46. The summed E-state index contributed by atoms with van der Waals surface area (Å²) >= 11 is 0. The van der Waals surface area contributed by atoms with Gasteiger partial charge in [-0.15, -0.1) is 0 Å². The minimum absolute atomic E-state index is 0.211. The minimum Gasteiger partial charge on any atom is -0.368 e. The third-order valence-electron chi connectivity index (χ3n) is 3.84. The molecule has 1 aromatic carbocycles. The Labute approximate surface area is 118 Å². The molecular weight excluding hydrogens is 232 g/mol. The van der Waals surface area contributed by atoms with Gasteiger partial charge in [0.25, 0.3) is 0 Å². The first-order valence-electron chi connectivity index (χ1n) is 7.46. The summed E-state index contributed by atoms with van der Waals surface area (Å²) in [6.07, 6.45) is 1.19. The second-order valence-corrected chi connectivity index (χ2v) is 7.07. The number of hydrogen-bond acceptors (Lipinski definition) is 2. The standard InChI is InChI=1S/C17H28N2/c1-13(11-18-17(3,4)5)12-19-14(2)10-15-8-6-7-9-16(15)19/h6-9,13-14,18H,10-12H2,1-5H3. The molecule has 2 atom stereocenters. The molecule has 0 amide bonds. The van der Waals surface area contributed by atoms with Gasteiger partial charge in [-0.3, -0.25) is 0 Å². The fourth-order valence-electron chi connectivity index (χ4n) is 2.79. The van der Waals surface area contributed by atoms with Gasteiger partial charge in [-0.25, -0.2) is 0 Å². The van der Waals surface area contributed by atoms with Crippen LogP contribution in [0.1, 0.15) is 40.2 Å². The molecule has 2 unspecified atom stereocenters. The van der Waals surface area contributed by atoms with E-state index in [1.807, 2.05) is 0 Å². The van der Waals surface area contributed by atoms with Crippen LogP contribution < -0.4 is 10.2 Å². The monoisotopic (exact) mass is 260 g/mol. The Morgan fingerprint density at radius 2 is 2.00 bits per heavy atom. The molecule has 0 aromatic heterocycles. The molecule has 19 heavy (non-hydrogen) atoms. The summed E-state index contributed by atoms with van der Waals surface area (Å²) in [6, 6.07) is 9.48. The van der Waals surface area contributed by atoms with Gasteiger partial charge in [0, 0.05) is 23.8 Å². The quantitative estimate of drug-likeness (QED) is 0.892. The van der Waals surface area contributed by atoms with E-state index < -0.39 is 0 Å². The first-order valence-corrected chi connectivity index (χ1v) is 7.46. The molecule has 1 N–H and O–H groups in total. The van der Waals surface area contributed by atoms with Crippen LogP contribution in [-0.4, -0.2) is 24.7 Å². The van der Waals surface area contributed by atoms with Crippen LogP contribution in [0, 0.1) is 5.92 Å². The van der Waals surface area contributed by atoms with E-state index in [1.54, 1.807) is 0 Å². The summed E-state index contributed by atoms with van der Waals surface area (Å²) in [5.41, 5.74) is 3.16. The predicted molar refractivity (Wildman–Crippen MR) is 83.9 cm³/mol. The van der Waals surface area contributed by atoms with E-state index in [-0.39, 0.29) is 5.54 Å². The van der Waals surface area contributed by atoms with Gasteiger partial charge in [0.2, 0.25) is 0 Å². The normalized spacial score (nSPS) is 20.5. The molecule has 106 valence electrons. The van der Waals surface area contributed by atoms with Crippen LogP contribution in [0.25, 0.3) is 0 Å². The number of anilines is 1. The Kier molecular flexibility index (Phi) is 4.19. The van der Waals surface area contributed by atoms with Crippen LogP contribution in [0.4, 0.5) is 5.69 Å². The van der Waals surface area contributed by atoms with Crippen molar-refractivity contribution in [2.45, 2.75) is 52.6 Å². The SMILES string of the molecule is CC(CNC(C)(C)C)CN1c2ccccc2CC1C. The number of nitrogens with one attached hydrogen (secondary N) is 1. The maximum Gasteiger partial charge on any atom is 0.0402 e. The third kappa shape index (κ3) is 3.73. The fraction of sp³-hybridized carbons (Fsp3) is 0.647. The Bertz CT molecular complexity index is 420. The number of nitrogens with zero attached hydrogens (tertiary/aromatic N) is 1. The second kappa shape index (κ2) is 5.54. The molecule has 2 nitrogen and oxygen atoms in total. The average molecular weight is 260 g/mol. The van der Waals surface area contributed by atoms with Gasteiger partial charge in [-0.05, 0) is 58.2 Å². The van der Waals surface area contributed by atoms with Crippen LogP contribution in [0.3, 0.4) is 0 Å². The Morgan fingerprint density at radius 1 is 1.32 bits per heavy atom. The summed E-state index contributed by atoms with van der Waals surface area (Å²) in [5.74, 6) is 0.660. The van der Waals surface area contributed by atoms with Crippen molar-refractivity contribution in [3.63, 3.8) is 0 Å². The molecule has 1 aromatic rings. The number of fused-ring (bicyclic) bond motifs is 1. The molecule has 1 aliphatic heterocycles. The number of hydrogen-bond donors (Lipinski definition) is 1. The molecule has 1 heterocycles. The highest BCUT2D eigenvalue weighted by Crippen LogP contribution is 2.32. The minimum atomic E-state index is 0.211. The summed E-state index contributed by atoms with van der Waals surface area (Å²) in [4.78, 5) is 2.57. The van der Waals surface area contributed by atoms with Gasteiger partial charge in [-0.1, -0.05) is 25.1 Å². The van der Waals surface area contributed by atoms with E-state index >= 15 is 0 Å². The maximum absolute atomic E-state index is 3.61. The van der Waals surface area contributed by atoms with Gasteiger partial charge in [0.05, 0.1) is 0 Å². The van der Waals surface area contributed by atoms with E-state index in [9.17, 15) is 0 Å². The van der Waals surface area contributed by atoms with Crippen molar-refractivity contribution < 1.29 is 0 Å². The highest BCUT2D eigenvalue weighted by molar-refractivity contribution is 5.59. The Morgan fingerprint density at radius 3 is 2.68 bits per heavy atom. The molecule has 0 aliphatic carbocycles. The van der Waals surface area contributed by atoms with Gasteiger partial charge in [0.1, 0.15) is 0 Å². The summed E-state index contributed by atoms with van der Waals surface area (Å²) in [6.45, 7) is 13.6. The molecule has 0 radical (unpaired) electrons. The van der Waals surface area contributed by atoms with E-state index in [2.05, 4.69) is 69.1 Å². The second-order valence-electron chi connectivity index (χ2n) is 7.07. The largest absolute Gasteiger partial charge is 0.368 e. The lowest BCUT2D eigenvalue weighted by Crippen LogP contribution is -2.42. The lowest BCUT2D eigenvalue weighted by Gasteiger charge is -2.30. The van der Waals surface area contributed by atoms with Crippen LogP contribution in [0.15, 0.2) is 24.3 Å². The number of rotatable bonds is 4. The summed E-state index contributed by atoms with van der Waals surface area (Å²) < 4.78 is 0. The van der Waals surface area contributed by atoms with Crippen molar-refractivity contribution in [1.82, 2.24) is 5.32 Å². The number of para-hydroxylation sites is 1. The first kappa shape index (κ1) is 14.4. The van der Waals surface area contributed by atoms with Crippen molar-refractivity contribution >= 4 is 5.69 Å². The van der Waals surface area contributed by atoms with Crippen molar-refractivity contribution in [1.29, 1.82) is 0 Å². The van der Waals surface area contributed by atoms with Gasteiger partial charge in [0.15, 0.2) is 0 Å². The Balaban J connectivity index is 1.96. The molecule has 0 saturated heterocycles. The van der Waals surface area contributed by atoms with E-state index in [4.69, 9.17) is 0 Å². The Hall–Kier alpha value is -1.02. The molecule has 1 aliphatic rings. The van der Waals surface area contributed by atoms with Crippen molar-refractivity contribution in [2.24, 2.45) is 5.92 Å². The fourth-order valence-corrected chi connectivity index (χ4v) is 2.79. The zero-order chi connectivity index (χ0) is 14.0. The highest BCUT2D eigenvalue weighted by Gasteiger charge is 2.26. The third-order valence-corrected chi connectivity index (χ3v) is 3.84. The molecule has 2 heteroatoms. The summed E-state index contributed by atoms with van der Waals surface area (Å²) in [5, 5.41) is 3.61. The highest BCUT2D eigenvalue weighted by atomic mass is 15.2. The molecule has 0 saturated carbocycles. The van der Waals surface area contributed by atoms with Crippen LogP contribution in [-0.2, 0) is 6.42 Å². The van der Waals surface area contributed by atoms with Crippen LogP contribution in [0.5, 0.6) is 0 Å². The van der Waals surface area contributed by atoms with Crippen LogP contribution in [0.2, 0.25) is 0 Å². The van der Waals surface area contributed by atoms with E-state index in [1.165, 1.54) is 17.7 Å². The van der Waals surface area contributed by atoms with Gasteiger partial charge >= 0.3 is 0 Å². The number of benzene rings is 1. The van der Waals surface area contributed by atoms with Gasteiger partial charge < -0.3 is 10.2 Å². The smallest absolute Gasteiger partial charge is 0.0402 e. The van der Waals surface area contributed by atoms with Crippen molar-refractivity contribution in [2.75, 3.05) is 18.0 Å². The van der Waals surface area contributed by atoms with E-state index in [0.29, 0.717) is 12.0 Å². The first-order chi connectivity index (χ1) is 8.87. The van der Waals surface area contributed by atoms with Gasteiger partial charge in [-0.2, -0.15) is 0 Å². The molecule has 0 spiro atoms. The maximum atomic E-state index is 3.61. The topological polar surface area (TPSA) is 15.3 Å². The molecule has 2 rings (SSSR count). The average Bonchev–Trinajstić information content (AvgIpc) is 2.63. The zero-order valence-corrected chi connectivity index (χ0v) is 13.0. The zero-order valence-electron chi connectivity index (χ0n) is 13.0.